The molecule has 0 saturated heterocycles. The van der Waals surface area contributed by atoms with Crippen molar-refractivity contribution in [1.82, 2.24) is 5.32 Å². The van der Waals surface area contributed by atoms with Gasteiger partial charge in [-0.05, 0) is 32.6 Å². The largest absolute Gasteiger partial charge is 0.498 e. The first-order valence-electron chi connectivity index (χ1n) is 6.71. The van der Waals surface area contributed by atoms with Crippen LogP contribution in [-0.2, 0) is 9.53 Å². The Hall–Kier alpha value is -1.03. The lowest BCUT2D eigenvalue weighted by molar-refractivity contribution is -0.119. The molecule has 2 unspecified atom stereocenters. The number of carbonyl (C=O) groups excluding carboxylic acids is 1. The number of hydrogen-bond acceptors (Lipinski definition) is 3. The molecule has 1 aliphatic heterocycles. The molecule has 0 spiro atoms. The fourth-order valence-corrected chi connectivity index (χ4v) is 1.99. The van der Waals surface area contributed by atoms with E-state index in [1.165, 1.54) is 0 Å². The smallest absolute Gasteiger partial charge is 0.250 e. The highest BCUT2D eigenvalue weighted by Gasteiger charge is 2.28. The third-order valence-corrected chi connectivity index (χ3v) is 3.87. The summed E-state index contributed by atoms with van der Waals surface area (Å²) in [6.07, 6.45) is 2.51. The van der Waals surface area contributed by atoms with Gasteiger partial charge >= 0.3 is 0 Å². The Morgan fingerprint density at radius 3 is 2.83 bits per heavy atom. The van der Waals surface area contributed by atoms with Crippen molar-refractivity contribution in [2.45, 2.75) is 52.6 Å². The van der Waals surface area contributed by atoms with Gasteiger partial charge in [0.1, 0.15) is 5.76 Å². The zero-order chi connectivity index (χ0) is 13.8. The van der Waals surface area contributed by atoms with Crippen LogP contribution in [0.1, 0.15) is 47.0 Å². The van der Waals surface area contributed by atoms with Crippen LogP contribution in [0.15, 0.2) is 11.3 Å². The number of carbonyl (C=O) groups is 1. The second-order valence-electron chi connectivity index (χ2n) is 5.34. The molecular weight excluding hydrogens is 230 g/mol. The van der Waals surface area contributed by atoms with Crippen molar-refractivity contribution < 1.29 is 14.6 Å². The Morgan fingerprint density at radius 1 is 1.61 bits per heavy atom. The Labute approximate surface area is 109 Å². The minimum absolute atomic E-state index is 0.115. The molecule has 1 rings (SSSR count). The van der Waals surface area contributed by atoms with Crippen molar-refractivity contribution in [2.75, 3.05) is 13.2 Å². The van der Waals surface area contributed by atoms with E-state index in [0.29, 0.717) is 17.9 Å². The normalized spacial score (nSPS) is 20.9. The molecule has 0 bridgehead atoms. The van der Waals surface area contributed by atoms with E-state index in [2.05, 4.69) is 5.32 Å². The summed E-state index contributed by atoms with van der Waals surface area (Å²) in [5.74, 6) is 0.744. The Bertz CT molecular complexity index is 334. The van der Waals surface area contributed by atoms with E-state index in [9.17, 15) is 9.90 Å². The van der Waals surface area contributed by atoms with Crippen LogP contribution in [0, 0.1) is 5.92 Å². The van der Waals surface area contributed by atoms with E-state index in [1.807, 2.05) is 20.8 Å². The fraction of sp³-hybridized carbons (Fsp3) is 0.786. The third-order valence-electron chi connectivity index (χ3n) is 3.87. The topological polar surface area (TPSA) is 58.6 Å². The number of aliphatic hydroxyl groups is 1. The molecular formula is C14H25NO3. The van der Waals surface area contributed by atoms with E-state index in [4.69, 9.17) is 4.74 Å². The first-order valence-corrected chi connectivity index (χ1v) is 6.71. The SMILES string of the molecule is CCC(C)C(C)(O)CNC(=O)C1=C(C)OCCC1. The van der Waals surface area contributed by atoms with Crippen LogP contribution in [-0.4, -0.2) is 29.8 Å². The van der Waals surface area contributed by atoms with Crippen LogP contribution in [0.3, 0.4) is 0 Å². The van der Waals surface area contributed by atoms with Gasteiger partial charge in [0.15, 0.2) is 0 Å². The molecule has 4 nitrogen and oxygen atoms in total. The second kappa shape index (κ2) is 6.23. The molecule has 0 saturated carbocycles. The summed E-state index contributed by atoms with van der Waals surface area (Å²) in [4.78, 5) is 12.0. The Kier molecular flexibility index (Phi) is 5.20. The van der Waals surface area contributed by atoms with Gasteiger partial charge in [0.05, 0.1) is 17.8 Å². The lowest BCUT2D eigenvalue weighted by Crippen LogP contribution is -2.45. The number of nitrogens with one attached hydrogen (secondary N) is 1. The molecule has 4 heteroatoms. The summed E-state index contributed by atoms with van der Waals surface area (Å²) in [5, 5.41) is 13.0. The first kappa shape index (κ1) is 15.0. The molecule has 2 N–H and O–H groups in total. The third kappa shape index (κ3) is 3.73. The maximum Gasteiger partial charge on any atom is 0.250 e. The van der Waals surface area contributed by atoms with Crippen molar-refractivity contribution in [3.63, 3.8) is 0 Å². The molecule has 1 amide bonds. The molecule has 0 aromatic rings. The van der Waals surface area contributed by atoms with Crippen LogP contribution in [0.5, 0.6) is 0 Å². The van der Waals surface area contributed by atoms with Crippen molar-refractivity contribution in [3.8, 4) is 0 Å². The summed E-state index contributed by atoms with van der Waals surface area (Å²) < 4.78 is 5.37. The molecule has 0 aromatic heterocycles. The highest BCUT2D eigenvalue weighted by atomic mass is 16.5. The number of allylic oxidation sites excluding steroid dienone is 1. The average Bonchev–Trinajstić information content (AvgIpc) is 2.35. The van der Waals surface area contributed by atoms with Crippen molar-refractivity contribution in [3.05, 3.63) is 11.3 Å². The quantitative estimate of drug-likeness (QED) is 0.790. The Morgan fingerprint density at radius 2 is 2.28 bits per heavy atom. The predicted octanol–water partition coefficient (Wildman–Crippen LogP) is 1.98. The molecule has 0 aliphatic carbocycles. The average molecular weight is 255 g/mol. The Balaban J connectivity index is 2.56. The summed E-state index contributed by atoms with van der Waals surface area (Å²) >= 11 is 0. The summed E-state index contributed by atoms with van der Waals surface area (Å²) in [6.45, 7) is 8.56. The van der Waals surface area contributed by atoms with Gasteiger partial charge in [-0.2, -0.15) is 0 Å². The van der Waals surface area contributed by atoms with Gasteiger partial charge in [0, 0.05) is 6.54 Å². The summed E-state index contributed by atoms with van der Waals surface area (Å²) in [7, 11) is 0. The van der Waals surface area contributed by atoms with Gasteiger partial charge in [-0.15, -0.1) is 0 Å². The van der Waals surface area contributed by atoms with Gasteiger partial charge in [-0.25, -0.2) is 0 Å². The van der Waals surface area contributed by atoms with Crippen LogP contribution in [0.25, 0.3) is 0 Å². The molecule has 0 fully saturated rings. The molecule has 1 heterocycles. The maximum atomic E-state index is 12.0. The first-order chi connectivity index (χ1) is 8.38. The monoisotopic (exact) mass is 255 g/mol. The number of amides is 1. The molecule has 104 valence electrons. The van der Waals surface area contributed by atoms with E-state index in [-0.39, 0.29) is 18.4 Å². The van der Waals surface area contributed by atoms with E-state index in [1.54, 1.807) is 6.92 Å². The molecule has 0 radical (unpaired) electrons. The summed E-state index contributed by atoms with van der Waals surface area (Å²) in [6, 6.07) is 0. The molecule has 1 aliphatic rings. The van der Waals surface area contributed by atoms with Gasteiger partial charge in [0.25, 0.3) is 5.91 Å². The van der Waals surface area contributed by atoms with Crippen LogP contribution in [0.2, 0.25) is 0 Å². The lowest BCUT2D eigenvalue weighted by Gasteiger charge is -2.30. The van der Waals surface area contributed by atoms with Crippen LogP contribution >= 0.6 is 0 Å². The van der Waals surface area contributed by atoms with Gasteiger partial charge in [0.2, 0.25) is 0 Å². The zero-order valence-electron chi connectivity index (χ0n) is 11.9. The minimum Gasteiger partial charge on any atom is -0.498 e. The fourth-order valence-electron chi connectivity index (χ4n) is 1.99. The van der Waals surface area contributed by atoms with Crippen LogP contribution in [0.4, 0.5) is 0 Å². The minimum atomic E-state index is -0.867. The number of rotatable bonds is 5. The molecule has 18 heavy (non-hydrogen) atoms. The zero-order valence-corrected chi connectivity index (χ0v) is 11.9. The maximum absolute atomic E-state index is 12.0. The van der Waals surface area contributed by atoms with E-state index < -0.39 is 5.60 Å². The van der Waals surface area contributed by atoms with Crippen molar-refractivity contribution >= 4 is 5.91 Å². The van der Waals surface area contributed by atoms with E-state index in [0.717, 1.165) is 19.3 Å². The number of hydrogen-bond donors (Lipinski definition) is 2. The van der Waals surface area contributed by atoms with Crippen LogP contribution < -0.4 is 5.32 Å². The van der Waals surface area contributed by atoms with Gasteiger partial charge < -0.3 is 15.2 Å². The van der Waals surface area contributed by atoms with Crippen molar-refractivity contribution in [1.29, 1.82) is 0 Å². The standard InChI is InChI=1S/C14H25NO3/c1-5-10(2)14(4,17)9-15-13(16)12-7-6-8-18-11(12)3/h10,17H,5-9H2,1-4H3,(H,15,16). The number of ether oxygens (including phenoxy) is 1. The van der Waals surface area contributed by atoms with E-state index >= 15 is 0 Å². The lowest BCUT2D eigenvalue weighted by atomic mass is 9.88. The highest BCUT2D eigenvalue weighted by molar-refractivity contribution is 5.93. The van der Waals surface area contributed by atoms with Gasteiger partial charge in [-0.3, -0.25) is 4.79 Å². The summed E-state index contributed by atoms with van der Waals surface area (Å²) in [5.41, 5.74) is -0.157. The second-order valence-corrected chi connectivity index (χ2v) is 5.34. The highest BCUT2D eigenvalue weighted by Crippen LogP contribution is 2.21. The van der Waals surface area contributed by atoms with Crippen molar-refractivity contribution in [2.24, 2.45) is 5.92 Å². The molecule has 0 aromatic carbocycles. The molecule has 2 atom stereocenters. The van der Waals surface area contributed by atoms with Gasteiger partial charge in [-0.1, -0.05) is 20.3 Å². The predicted molar refractivity (Wildman–Crippen MR) is 71.0 cm³/mol.